The van der Waals surface area contributed by atoms with Gasteiger partial charge in [0.15, 0.2) is 0 Å². The summed E-state index contributed by atoms with van der Waals surface area (Å²) in [6.07, 6.45) is 7.61. The summed E-state index contributed by atoms with van der Waals surface area (Å²) in [7, 11) is 2.14. The lowest BCUT2D eigenvalue weighted by atomic mass is 9.81. The van der Waals surface area contributed by atoms with Gasteiger partial charge in [-0.15, -0.1) is 0 Å². The molecule has 1 saturated carbocycles. The van der Waals surface area contributed by atoms with Crippen molar-refractivity contribution in [3.63, 3.8) is 0 Å². The molecule has 0 atom stereocenters. The molecule has 31 heavy (non-hydrogen) atoms. The van der Waals surface area contributed by atoms with Crippen molar-refractivity contribution in [3.8, 4) is 0 Å². The minimum atomic E-state index is -0.128. The van der Waals surface area contributed by atoms with Crippen LogP contribution in [0.3, 0.4) is 0 Å². The van der Waals surface area contributed by atoms with Crippen LogP contribution in [0.25, 0.3) is 0 Å². The van der Waals surface area contributed by atoms with Gasteiger partial charge < -0.3 is 15.5 Å². The van der Waals surface area contributed by atoms with E-state index in [0.29, 0.717) is 24.7 Å². The van der Waals surface area contributed by atoms with Crippen LogP contribution in [-0.4, -0.2) is 36.9 Å². The van der Waals surface area contributed by atoms with E-state index in [1.54, 1.807) is 18.3 Å². The molecule has 4 rings (SSSR count). The molecule has 2 heterocycles. The minimum Gasteiger partial charge on any atom is -0.374 e. The summed E-state index contributed by atoms with van der Waals surface area (Å²) in [4.78, 5) is 31.2. The lowest BCUT2D eigenvalue weighted by molar-refractivity contribution is -0.126. The zero-order chi connectivity index (χ0) is 21.6. The average Bonchev–Trinajstić information content (AvgIpc) is 2.82. The number of aryl methyl sites for hydroxylation is 1. The second-order valence-electron chi connectivity index (χ2n) is 8.85. The van der Waals surface area contributed by atoms with E-state index in [2.05, 4.69) is 45.8 Å². The Hall–Kier alpha value is -2.89. The van der Waals surface area contributed by atoms with Crippen molar-refractivity contribution in [1.29, 1.82) is 0 Å². The molecule has 1 aromatic heterocycles. The maximum atomic E-state index is 12.7. The molecule has 0 unspecified atom stereocenters. The molecule has 2 amide bonds. The van der Waals surface area contributed by atoms with Gasteiger partial charge in [0.05, 0.1) is 0 Å². The molecular weight excluding hydrogens is 388 g/mol. The summed E-state index contributed by atoms with van der Waals surface area (Å²) in [5, 5.41) is 6.12. The van der Waals surface area contributed by atoms with Crippen LogP contribution in [0.15, 0.2) is 42.6 Å². The van der Waals surface area contributed by atoms with Crippen LogP contribution in [0.5, 0.6) is 0 Å². The number of fused-ring (bicyclic) bond motifs is 1. The van der Waals surface area contributed by atoms with Crippen molar-refractivity contribution in [3.05, 3.63) is 59.4 Å². The zero-order valence-electron chi connectivity index (χ0n) is 18.3. The molecular formula is C25H32N4O2. The van der Waals surface area contributed by atoms with E-state index >= 15 is 0 Å². The van der Waals surface area contributed by atoms with E-state index < -0.39 is 0 Å². The third kappa shape index (κ3) is 5.43. The second-order valence-corrected chi connectivity index (χ2v) is 8.85. The molecule has 2 aliphatic rings. The zero-order valence-corrected chi connectivity index (χ0v) is 18.3. The van der Waals surface area contributed by atoms with Crippen molar-refractivity contribution in [2.45, 2.75) is 45.1 Å². The highest BCUT2D eigenvalue weighted by molar-refractivity contribution is 5.92. The molecule has 2 N–H and O–H groups in total. The van der Waals surface area contributed by atoms with Crippen LogP contribution in [0, 0.1) is 11.8 Å². The van der Waals surface area contributed by atoms with Gasteiger partial charge in [0.25, 0.3) is 5.91 Å². The smallest absolute Gasteiger partial charge is 0.269 e. The number of amides is 2. The lowest BCUT2D eigenvalue weighted by Crippen LogP contribution is -2.36. The Morgan fingerprint density at radius 1 is 1.10 bits per heavy atom. The highest BCUT2D eigenvalue weighted by Gasteiger charge is 2.26. The predicted molar refractivity (Wildman–Crippen MR) is 122 cm³/mol. The summed E-state index contributed by atoms with van der Waals surface area (Å²) in [5.74, 6) is 0.531. The van der Waals surface area contributed by atoms with E-state index in [1.807, 2.05) is 6.07 Å². The number of rotatable bonds is 6. The van der Waals surface area contributed by atoms with Crippen LogP contribution < -0.4 is 15.5 Å². The first kappa shape index (κ1) is 21.3. The molecule has 0 radical (unpaired) electrons. The van der Waals surface area contributed by atoms with Crippen LogP contribution in [-0.2, 0) is 17.8 Å². The predicted octanol–water partition coefficient (Wildman–Crippen LogP) is 3.32. The summed E-state index contributed by atoms with van der Waals surface area (Å²) in [6, 6.07) is 11.9. The molecule has 0 spiro atoms. The number of nitrogens with one attached hydrogen (secondary N) is 2. The monoisotopic (exact) mass is 420 g/mol. The second kappa shape index (κ2) is 9.94. The molecule has 0 bridgehead atoms. The van der Waals surface area contributed by atoms with Crippen LogP contribution >= 0.6 is 0 Å². The number of aromatic nitrogens is 1. The molecule has 1 aliphatic carbocycles. The van der Waals surface area contributed by atoms with E-state index in [9.17, 15) is 9.59 Å². The fourth-order valence-corrected chi connectivity index (χ4v) is 4.74. The van der Waals surface area contributed by atoms with E-state index in [1.165, 1.54) is 23.2 Å². The Kier molecular flexibility index (Phi) is 6.85. The topological polar surface area (TPSA) is 74.3 Å². The third-order valence-corrected chi connectivity index (χ3v) is 6.63. The van der Waals surface area contributed by atoms with Gasteiger partial charge in [-0.05, 0) is 73.8 Å². The lowest BCUT2D eigenvalue weighted by Gasteiger charge is -2.28. The van der Waals surface area contributed by atoms with Gasteiger partial charge in [0, 0.05) is 44.5 Å². The molecule has 1 aromatic carbocycles. The van der Waals surface area contributed by atoms with Gasteiger partial charge in [-0.1, -0.05) is 18.2 Å². The maximum Gasteiger partial charge on any atom is 0.269 e. The summed E-state index contributed by atoms with van der Waals surface area (Å²) in [6.45, 7) is 2.35. The van der Waals surface area contributed by atoms with Crippen LogP contribution in [0.4, 0.5) is 5.69 Å². The van der Waals surface area contributed by atoms with Crippen molar-refractivity contribution < 1.29 is 9.59 Å². The number of nitrogens with zero attached hydrogens (tertiary/aromatic N) is 2. The summed E-state index contributed by atoms with van der Waals surface area (Å²) in [5.41, 5.74) is 4.32. The number of hydrogen-bond acceptors (Lipinski definition) is 4. The number of hydrogen-bond donors (Lipinski definition) is 2. The molecule has 2 aromatic rings. The van der Waals surface area contributed by atoms with E-state index in [-0.39, 0.29) is 17.7 Å². The summed E-state index contributed by atoms with van der Waals surface area (Å²) >= 11 is 0. The van der Waals surface area contributed by atoms with Gasteiger partial charge in [0.2, 0.25) is 5.91 Å². The minimum absolute atomic E-state index is 0.0755. The number of benzene rings is 1. The number of pyridine rings is 1. The number of anilines is 1. The Balaban J connectivity index is 1.19. The van der Waals surface area contributed by atoms with Crippen LogP contribution in [0.2, 0.25) is 0 Å². The van der Waals surface area contributed by atoms with E-state index in [0.717, 1.165) is 38.6 Å². The Bertz CT molecular complexity index is 907. The first-order chi connectivity index (χ1) is 15.1. The number of carbonyl (C=O) groups excluding carboxylic acids is 2. The first-order valence-electron chi connectivity index (χ1n) is 11.4. The first-order valence-corrected chi connectivity index (χ1v) is 11.4. The molecule has 6 heteroatoms. The quantitative estimate of drug-likeness (QED) is 0.752. The van der Waals surface area contributed by atoms with Crippen LogP contribution in [0.1, 0.15) is 53.7 Å². The van der Waals surface area contributed by atoms with Crippen molar-refractivity contribution >= 4 is 17.5 Å². The largest absolute Gasteiger partial charge is 0.374 e. The van der Waals surface area contributed by atoms with Gasteiger partial charge in [-0.3, -0.25) is 14.6 Å². The maximum absolute atomic E-state index is 12.7. The normalized spacial score (nSPS) is 20.6. The van der Waals surface area contributed by atoms with Gasteiger partial charge in [0.1, 0.15) is 5.69 Å². The van der Waals surface area contributed by atoms with Crippen molar-refractivity contribution in [2.75, 3.05) is 25.0 Å². The molecule has 1 aliphatic heterocycles. The van der Waals surface area contributed by atoms with Crippen molar-refractivity contribution in [1.82, 2.24) is 15.6 Å². The molecule has 1 fully saturated rings. The van der Waals surface area contributed by atoms with E-state index in [4.69, 9.17) is 0 Å². The van der Waals surface area contributed by atoms with Gasteiger partial charge in [-0.25, -0.2) is 0 Å². The Morgan fingerprint density at radius 3 is 2.71 bits per heavy atom. The van der Waals surface area contributed by atoms with Gasteiger partial charge >= 0.3 is 0 Å². The highest BCUT2D eigenvalue weighted by atomic mass is 16.2. The van der Waals surface area contributed by atoms with Crippen molar-refractivity contribution in [2.24, 2.45) is 11.8 Å². The summed E-state index contributed by atoms with van der Waals surface area (Å²) < 4.78 is 0. The third-order valence-electron chi connectivity index (χ3n) is 6.63. The average molecular weight is 421 g/mol. The van der Waals surface area contributed by atoms with Gasteiger partial charge in [-0.2, -0.15) is 0 Å². The molecule has 164 valence electrons. The fourth-order valence-electron chi connectivity index (χ4n) is 4.74. The fraction of sp³-hybridized carbons (Fsp3) is 0.480. The SMILES string of the molecule is CN1CCCc2cc(CNC(=O)C3CCC(CNC(=O)c4ccccn4)CC3)ccc21. The highest BCUT2D eigenvalue weighted by Crippen LogP contribution is 2.29. The Labute approximate surface area is 184 Å². The standard InChI is InChI=1S/C25H32N4O2/c1-29-14-4-5-21-15-19(9-12-23(21)29)17-27-24(30)20-10-7-18(8-11-20)16-28-25(31)22-6-2-3-13-26-22/h2-3,6,9,12-13,15,18,20H,4-5,7-8,10-11,14,16-17H2,1H3,(H,27,30)(H,28,31). The number of carbonyl (C=O) groups is 2. The molecule has 0 saturated heterocycles. The molecule has 6 nitrogen and oxygen atoms in total. The Morgan fingerprint density at radius 2 is 1.94 bits per heavy atom.